The Kier molecular flexibility index (Phi) is 6.98. The van der Waals surface area contributed by atoms with Crippen molar-refractivity contribution in [2.45, 2.75) is 44.9 Å². The third-order valence-corrected chi connectivity index (χ3v) is 3.90. The van der Waals surface area contributed by atoms with Gasteiger partial charge < -0.3 is 26.0 Å². The summed E-state index contributed by atoms with van der Waals surface area (Å²) < 4.78 is 5.24. The van der Waals surface area contributed by atoms with Crippen LogP contribution in [0.3, 0.4) is 0 Å². The van der Waals surface area contributed by atoms with E-state index in [0.717, 1.165) is 0 Å². The minimum atomic E-state index is -0.848. The van der Waals surface area contributed by atoms with Crippen LogP contribution in [0.1, 0.15) is 27.2 Å². The summed E-state index contributed by atoms with van der Waals surface area (Å²) in [7, 11) is 0. The second-order valence-electron chi connectivity index (χ2n) is 7.14. The Hall–Kier alpha value is -2.39. The number of amides is 3. The van der Waals surface area contributed by atoms with E-state index in [9.17, 15) is 14.4 Å². The molecule has 1 aliphatic heterocycles. The zero-order valence-electron chi connectivity index (χ0n) is 15.5. The Balaban J connectivity index is 1.91. The van der Waals surface area contributed by atoms with Gasteiger partial charge in [0, 0.05) is 12.7 Å². The molecular weight excluding hydrogens is 374 g/mol. The summed E-state index contributed by atoms with van der Waals surface area (Å²) in [6, 6.07) is 2.23. The van der Waals surface area contributed by atoms with Crippen LogP contribution in [0, 0.1) is 0 Å². The van der Waals surface area contributed by atoms with Crippen LogP contribution in [0.25, 0.3) is 0 Å². The minimum Gasteiger partial charge on any atom is -0.444 e. The van der Waals surface area contributed by atoms with E-state index in [2.05, 4.69) is 26.3 Å². The van der Waals surface area contributed by atoms with Gasteiger partial charge in [-0.2, -0.15) is 0 Å². The van der Waals surface area contributed by atoms with E-state index < -0.39 is 35.6 Å². The number of alkyl carbamates (subject to hydrolysis) is 1. The maximum Gasteiger partial charge on any atom is 0.407 e. The van der Waals surface area contributed by atoms with Gasteiger partial charge in [-0.3, -0.25) is 9.59 Å². The first-order valence-electron chi connectivity index (χ1n) is 8.58. The number of hydrogen-bond acceptors (Lipinski definition) is 6. The quantitative estimate of drug-likeness (QED) is 0.565. The van der Waals surface area contributed by atoms with Crippen molar-refractivity contribution >= 4 is 35.3 Å². The highest BCUT2D eigenvalue weighted by Gasteiger charge is 2.30. The van der Waals surface area contributed by atoms with Gasteiger partial charge in [0.15, 0.2) is 0 Å². The fourth-order valence-electron chi connectivity index (χ4n) is 2.50. The topological polar surface area (TPSA) is 121 Å². The van der Waals surface area contributed by atoms with Gasteiger partial charge in [-0.15, -0.1) is 0 Å². The summed E-state index contributed by atoms with van der Waals surface area (Å²) >= 11 is 5.73. The number of hydrogen-bond donors (Lipinski definition) is 4. The van der Waals surface area contributed by atoms with Crippen molar-refractivity contribution in [3.8, 4) is 0 Å². The van der Waals surface area contributed by atoms with Crippen molar-refractivity contribution in [3.63, 3.8) is 0 Å². The predicted molar refractivity (Wildman–Crippen MR) is 100 cm³/mol. The fourth-order valence-corrected chi connectivity index (χ4v) is 2.61. The molecule has 1 aromatic rings. The molecule has 1 aromatic heterocycles. The van der Waals surface area contributed by atoms with E-state index in [1.54, 1.807) is 26.8 Å². The average molecular weight is 398 g/mol. The molecule has 27 heavy (non-hydrogen) atoms. The summed E-state index contributed by atoms with van der Waals surface area (Å²) in [5.74, 6) is -1.44. The second-order valence-corrected chi connectivity index (χ2v) is 7.58. The molecule has 0 saturated carbocycles. The largest absolute Gasteiger partial charge is 0.444 e. The van der Waals surface area contributed by atoms with Gasteiger partial charge in [0.2, 0.25) is 0 Å². The first kappa shape index (κ1) is 20.9. The molecule has 0 aromatic carbocycles. The number of anilines is 1. The Morgan fingerprint density at radius 2 is 1.93 bits per heavy atom. The Morgan fingerprint density at radius 1 is 1.19 bits per heavy atom. The van der Waals surface area contributed by atoms with Crippen molar-refractivity contribution in [1.29, 1.82) is 0 Å². The molecule has 148 valence electrons. The van der Waals surface area contributed by atoms with Crippen molar-refractivity contribution in [2.75, 3.05) is 18.4 Å². The molecule has 1 aliphatic rings. The number of rotatable bonds is 3. The average Bonchev–Trinajstić information content (AvgIpc) is 2.57. The van der Waals surface area contributed by atoms with Crippen LogP contribution in [0.5, 0.6) is 0 Å². The molecule has 0 aliphatic carbocycles. The zero-order valence-corrected chi connectivity index (χ0v) is 16.2. The van der Waals surface area contributed by atoms with Crippen molar-refractivity contribution in [1.82, 2.24) is 20.9 Å². The lowest BCUT2D eigenvalue weighted by Gasteiger charge is -2.33. The molecule has 2 heterocycles. The first-order valence-corrected chi connectivity index (χ1v) is 8.95. The van der Waals surface area contributed by atoms with Crippen molar-refractivity contribution in [2.24, 2.45) is 0 Å². The smallest absolute Gasteiger partial charge is 0.407 e. The molecule has 4 N–H and O–H groups in total. The number of piperidine rings is 1. The third-order valence-electron chi connectivity index (χ3n) is 3.68. The number of aromatic nitrogens is 1. The first-order chi connectivity index (χ1) is 12.6. The Morgan fingerprint density at radius 3 is 2.56 bits per heavy atom. The number of carbonyl (C=O) groups is 3. The standard InChI is InChI=1S/C17H24ClN5O4/c1-17(2,3)27-16(26)22-12-9-19-7-6-11(12)21-14(24)15(25)23-13-5-4-10(18)8-20-13/h4-5,8,11-12,19H,6-7,9H2,1-3H3,(H,21,24)(H,22,26)(H,20,23,25). The van der Waals surface area contributed by atoms with Crippen molar-refractivity contribution in [3.05, 3.63) is 23.4 Å². The molecule has 2 unspecified atom stereocenters. The second kappa shape index (κ2) is 9.01. The lowest BCUT2D eigenvalue weighted by Crippen LogP contribution is -2.61. The number of nitrogens with one attached hydrogen (secondary N) is 4. The van der Waals surface area contributed by atoms with Crippen LogP contribution in [0.2, 0.25) is 5.02 Å². The van der Waals surface area contributed by atoms with Crippen LogP contribution in [-0.4, -0.2) is 53.7 Å². The summed E-state index contributed by atoms with van der Waals surface area (Å²) in [6.45, 7) is 6.39. The number of pyridine rings is 1. The van der Waals surface area contributed by atoms with Gasteiger partial charge >= 0.3 is 17.9 Å². The van der Waals surface area contributed by atoms with E-state index in [-0.39, 0.29) is 5.82 Å². The number of ether oxygens (including phenoxy) is 1. The molecule has 1 saturated heterocycles. The highest BCUT2D eigenvalue weighted by Crippen LogP contribution is 2.11. The SMILES string of the molecule is CC(C)(C)OC(=O)NC1CNCCC1NC(=O)C(=O)Nc1ccc(Cl)cn1. The molecule has 2 atom stereocenters. The molecule has 1 fully saturated rings. The molecular formula is C17H24ClN5O4. The van der Waals surface area contributed by atoms with Gasteiger partial charge in [-0.05, 0) is 45.9 Å². The van der Waals surface area contributed by atoms with Crippen LogP contribution in [0.4, 0.5) is 10.6 Å². The highest BCUT2D eigenvalue weighted by molar-refractivity contribution is 6.39. The van der Waals surface area contributed by atoms with Gasteiger partial charge in [0.05, 0.1) is 17.1 Å². The lowest BCUT2D eigenvalue weighted by molar-refractivity contribution is -0.136. The normalized spacial score (nSPS) is 19.7. The van der Waals surface area contributed by atoms with Crippen LogP contribution in [0.15, 0.2) is 18.3 Å². The van der Waals surface area contributed by atoms with Gasteiger partial charge in [0.25, 0.3) is 0 Å². The summed E-state index contributed by atoms with van der Waals surface area (Å²) in [4.78, 5) is 40.2. The van der Waals surface area contributed by atoms with E-state index in [4.69, 9.17) is 16.3 Å². The van der Waals surface area contributed by atoms with Crippen LogP contribution >= 0.6 is 11.6 Å². The predicted octanol–water partition coefficient (Wildman–Crippen LogP) is 1.04. The molecule has 0 radical (unpaired) electrons. The molecule has 0 bridgehead atoms. The van der Waals surface area contributed by atoms with Crippen molar-refractivity contribution < 1.29 is 19.1 Å². The number of nitrogens with zero attached hydrogens (tertiary/aromatic N) is 1. The van der Waals surface area contributed by atoms with E-state index in [0.29, 0.717) is 24.5 Å². The molecule has 2 rings (SSSR count). The van der Waals surface area contributed by atoms with E-state index in [1.165, 1.54) is 12.3 Å². The summed E-state index contributed by atoms with van der Waals surface area (Å²) in [5.41, 5.74) is -0.629. The monoisotopic (exact) mass is 397 g/mol. The fraction of sp³-hybridized carbons (Fsp3) is 0.529. The zero-order chi connectivity index (χ0) is 20.0. The van der Waals surface area contributed by atoms with Crippen LogP contribution < -0.4 is 21.3 Å². The molecule has 9 nitrogen and oxygen atoms in total. The minimum absolute atomic E-state index is 0.216. The van der Waals surface area contributed by atoms with Crippen LogP contribution in [-0.2, 0) is 14.3 Å². The van der Waals surface area contributed by atoms with E-state index >= 15 is 0 Å². The third kappa shape index (κ3) is 7.03. The van der Waals surface area contributed by atoms with Gasteiger partial charge in [-0.25, -0.2) is 9.78 Å². The lowest BCUT2D eigenvalue weighted by atomic mass is 10.0. The summed E-state index contributed by atoms with van der Waals surface area (Å²) in [6.07, 6.45) is 1.34. The highest BCUT2D eigenvalue weighted by atomic mass is 35.5. The maximum absolute atomic E-state index is 12.2. The van der Waals surface area contributed by atoms with E-state index in [1.807, 2.05) is 0 Å². The molecule has 0 spiro atoms. The van der Waals surface area contributed by atoms with Gasteiger partial charge in [0.1, 0.15) is 11.4 Å². The molecule has 10 heteroatoms. The Bertz CT molecular complexity index is 690. The number of halogens is 1. The number of carbonyl (C=O) groups excluding carboxylic acids is 3. The summed E-state index contributed by atoms with van der Waals surface area (Å²) in [5, 5.41) is 11.3. The van der Waals surface area contributed by atoms with Gasteiger partial charge in [-0.1, -0.05) is 11.6 Å². The molecule has 3 amide bonds. The Labute approximate surface area is 162 Å². The maximum atomic E-state index is 12.2.